The largest absolute Gasteiger partial charge is 0.496 e. The number of ether oxygens (including phenoxy) is 1. The van der Waals surface area contributed by atoms with Crippen LogP contribution >= 0.6 is 11.6 Å². The smallest absolute Gasteiger partial charge is 0.239 e. The van der Waals surface area contributed by atoms with Crippen molar-refractivity contribution in [1.82, 2.24) is 14.7 Å². The summed E-state index contributed by atoms with van der Waals surface area (Å²) in [5.74, 6) is 1.36. The van der Waals surface area contributed by atoms with E-state index in [1.807, 2.05) is 60.5 Å². The van der Waals surface area contributed by atoms with Gasteiger partial charge in [-0.05, 0) is 30.8 Å². The van der Waals surface area contributed by atoms with E-state index >= 15 is 0 Å². The Morgan fingerprint density at radius 1 is 1.21 bits per heavy atom. The quantitative estimate of drug-likeness (QED) is 0.629. The van der Waals surface area contributed by atoms with E-state index in [4.69, 9.17) is 16.3 Å². The molecule has 0 aliphatic heterocycles. The minimum atomic E-state index is -0.106. The van der Waals surface area contributed by atoms with Crippen LogP contribution in [0.3, 0.4) is 0 Å². The molecule has 2 aromatic carbocycles. The summed E-state index contributed by atoms with van der Waals surface area (Å²) in [6, 6.07) is 17.2. The lowest BCUT2D eigenvalue weighted by Gasteiger charge is -2.18. The summed E-state index contributed by atoms with van der Waals surface area (Å²) < 4.78 is 7.11. The number of benzene rings is 2. The number of nitrogens with one attached hydrogen (secondary N) is 1. The van der Waals surface area contributed by atoms with Crippen molar-refractivity contribution >= 4 is 23.3 Å². The molecule has 7 heteroatoms. The summed E-state index contributed by atoms with van der Waals surface area (Å²) >= 11 is 6.04. The number of anilines is 1. The first-order valence-corrected chi connectivity index (χ1v) is 9.29. The Labute approximate surface area is 169 Å². The third-order valence-corrected chi connectivity index (χ3v) is 4.49. The van der Waals surface area contributed by atoms with Crippen LogP contribution in [0.4, 0.5) is 5.82 Å². The Hall–Kier alpha value is -2.83. The molecule has 6 nitrogen and oxygen atoms in total. The van der Waals surface area contributed by atoms with Gasteiger partial charge in [0.1, 0.15) is 11.6 Å². The van der Waals surface area contributed by atoms with Crippen molar-refractivity contribution in [3.8, 4) is 5.75 Å². The maximum absolute atomic E-state index is 12.5. The number of rotatable bonds is 8. The van der Waals surface area contributed by atoms with Crippen LogP contribution in [-0.4, -0.2) is 41.3 Å². The SMILES string of the molecule is COc1ccccc1CN(C)CC(=O)Nc1ccnn1Cc1cccc(Cl)c1. The molecule has 0 unspecified atom stereocenters. The van der Waals surface area contributed by atoms with Crippen LogP contribution in [0.25, 0.3) is 0 Å². The molecule has 0 aliphatic rings. The topological polar surface area (TPSA) is 59.4 Å². The zero-order chi connectivity index (χ0) is 19.9. The molecule has 1 amide bonds. The van der Waals surface area contributed by atoms with Crippen molar-refractivity contribution in [2.75, 3.05) is 26.0 Å². The number of nitrogens with zero attached hydrogens (tertiary/aromatic N) is 3. The fourth-order valence-corrected chi connectivity index (χ4v) is 3.19. The molecular formula is C21H23ClN4O2. The van der Waals surface area contributed by atoms with Crippen molar-refractivity contribution in [2.45, 2.75) is 13.1 Å². The fourth-order valence-electron chi connectivity index (χ4n) is 2.98. The van der Waals surface area contributed by atoms with E-state index in [1.54, 1.807) is 24.1 Å². The van der Waals surface area contributed by atoms with Gasteiger partial charge in [0.15, 0.2) is 0 Å². The van der Waals surface area contributed by atoms with E-state index in [9.17, 15) is 4.79 Å². The second-order valence-electron chi connectivity index (χ2n) is 6.54. The van der Waals surface area contributed by atoms with Gasteiger partial charge >= 0.3 is 0 Å². The van der Waals surface area contributed by atoms with Gasteiger partial charge in [0, 0.05) is 23.2 Å². The highest BCUT2D eigenvalue weighted by Crippen LogP contribution is 2.19. The Morgan fingerprint density at radius 3 is 2.82 bits per heavy atom. The van der Waals surface area contributed by atoms with Crippen molar-refractivity contribution in [1.29, 1.82) is 0 Å². The highest BCUT2D eigenvalue weighted by Gasteiger charge is 2.12. The lowest BCUT2D eigenvalue weighted by atomic mass is 10.2. The summed E-state index contributed by atoms with van der Waals surface area (Å²) in [6.45, 7) is 1.39. The molecule has 0 radical (unpaired) electrons. The Morgan fingerprint density at radius 2 is 2.04 bits per heavy atom. The van der Waals surface area contributed by atoms with Crippen LogP contribution < -0.4 is 10.1 Å². The normalized spacial score (nSPS) is 10.9. The minimum absolute atomic E-state index is 0.106. The maximum Gasteiger partial charge on any atom is 0.239 e. The van der Waals surface area contributed by atoms with Gasteiger partial charge in [-0.2, -0.15) is 5.10 Å². The molecule has 0 saturated heterocycles. The molecule has 1 N–H and O–H groups in total. The number of hydrogen-bond acceptors (Lipinski definition) is 4. The summed E-state index contributed by atoms with van der Waals surface area (Å²) in [5.41, 5.74) is 2.05. The monoisotopic (exact) mass is 398 g/mol. The fraction of sp³-hybridized carbons (Fsp3) is 0.238. The average molecular weight is 399 g/mol. The molecule has 1 heterocycles. The number of methoxy groups -OCH3 is 1. The molecule has 0 aliphatic carbocycles. The molecule has 0 spiro atoms. The van der Waals surface area contributed by atoms with E-state index in [0.29, 0.717) is 23.9 Å². The van der Waals surface area contributed by atoms with Crippen molar-refractivity contribution in [3.63, 3.8) is 0 Å². The van der Waals surface area contributed by atoms with Gasteiger partial charge in [0.2, 0.25) is 5.91 Å². The summed E-state index contributed by atoms with van der Waals surface area (Å²) in [4.78, 5) is 14.4. The Balaban J connectivity index is 1.58. The first-order chi connectivity index (χ1) is 13.5. The van der Waals surface area contributed by atoms with Gasteiger partial charge in [0.05, 0.1) is 26.4 Å². The molecule has 28 heavy (non-hydrogen) atoms. The first-order valence-electron chi connectivity index (χ1n) is 8.91. The summed E-state index contributed by atoms with van der Waals surface area (Å²) in [6.07, 6.45) is 1.67. The Kier molecular flexibility index (Phi) is 6.68. The molecule has 146 valence electrons. The molecule has 3 rings (SSSR count). The predicted octanol–water partition coefficient (Wildman–Crippen LogP) is 3.66. The number of carbonyl (C=O) groups is 1. The highest BCUT2D eigenvalue weighted by molar-refractivity contribution is 6.30. The van der Waals surface area contributed by atoms with Crippen molar-refractivity contribution in [3.05, 3.63) is 76.9 Å². The van der Waals surface area contributed by atoms with Crippen LogP contribution in [0, 0.1) is 0 Å². The Bertz CT molecular complexity index is 941. The number of halogens is 1. The van der Waals surface area contributed by atoms with Crippen LogP contribution in [0.2, 0.25) is 5.02 Å². The van der Waals surface area contributed by atoms with Crippen LogP contribution in [-0.2, 0) is 17.9 Å². The van der Waals surface area contributed by atoms with Gasteiger partial charge in [-0.25, -0.2) is 4.68 Å². The predicted molar refractivity (Wildman–Crippen MR) is 111 cm³/mol. The standard InChI is InChI=1S/C21H23ClN4O2/c1-25(14-17-7-3-4-9-19(17)28-2)15-21(27)24-20-10-11-23-26(20)13-16-6-5-8-18(22)12-16/h3-12H,13-15H2,1-2H3,(H,24,27). The minimum Gasteiger partial charge on any atom is -0.496 e. The molecule has 0 fully saturated rings. The molecule has 0 atom stereocenters. The average Bonchev–Trinajstić information content (AvgIpc) is 3.08. The first kappa shape index (κ1) is 19.9. The van der Waals surface area contributed by atoms with E-state index in [1.165, 1.54) is 0 Å². The molecule has 1 aromatic heterocycles. The van der Waals surface area contributed by atoms with E-state index in [-0.39, 0.29) is 12.5 Å². The van der Waals surface area contributed by atoms with Crippen LogP contribution in [0.5, 0.6) is 5.75 Å². The molecule has 3 aromatic rings. The van der Waals surface area contributed by atoms with E-state index in [2.05, 4.69) is 10.4 Å². The maximum atomic E-state index is 12.5. The number of para-hydroxylation sites is 1. The summed E-state index contributed by atoms with van der Waals surface area (Å²) in [7, 11) is 3.54. The lowest BCUT2D eigenvalue weighted by molar-refractivity contribution is -0.117. The number of amides is 1. The third kappa shape index (κ3) is 5.34. The van der Waals surface area contributed by atoms with E-state index in [0.717, 1.165) is 16.9 Å². The van der Waals surface area contributed by atoms with Gasteiger partial charge in [-0.1, -0.05) is 41.9 Å². The zero-order valence-electron chi connectivity index (χ0n) is 15.9. The van der Waals surface area contributed by atoms with Crippen LogP contribution in [0.1, 0.15) is 11.1 Å². The third-order valence-electron chi connectivity index (χ3n) is 4.25. The van der Waals surface area contributed by atoms with Crippen LogP contribution in [0.15, 0.2) is 60.8 Å². The number of hydrogen-bond donors (Lipinski definition) is 1. The lowest BCUT2D eigenvalue weighted by Crippen LogP contribution is -2.30. The zero-order valence-corrected chi connectivity index (χ0v) is 16.7. The summed E-state index contributed by atoms with van der Waals surface area (Å²) in [5, 5.41) is 7.89. The second-order valence-corrected chi connectivity index (χ2v) is 6.97. The van der Waals surface area contributed by atoms with E-state index < -0.39 is 0 Å². The van der Waals surface area contributed by atoms with Gasteiger partial charge < -0.3 is 10.1 Å². The number of aromatic nitrogens is 2. The number of carbonyl (C=O) groups excluding carboxylic acids is 1. The highest BCUT2D eigenvalue weighted by atomic mass is 35.5. The molecule has 0 saturated carbocycles. The van der Waals surface area contributed by atoms with Crippen molar-refractivity contribution < 1.29 is 9.53 Å². The van der Waals surface area contributed by atoms with Gasteiger partial charge in [-0.15, -0.1) is 0 Å². The second kappa shape index (κ2) is 9.39. The van der Waals surface area contributed by atoms with Crippen molar-refractivity contribution in [2.24, 2.45) is 0 Å². The molecular weight excluding hydrogens is 376 g/mol. The molecule has 0 bridgehead atoms. The number of likely N-dealkylation sites (N-methyl/N-ethyl adjacent to an activating group) is 1. The van der Waals surface area contributed by atoms with Gasteiger partial charge in [0.25, 0.3) is 0 Å². The van der Waals surface area contributed by atoms with Gasteiger partial charge in [-0.3, -0.25) is 9.69 Å².